The van der Waals surface area contributed by atoms with Crippen molar-refractivity contribution in [1.82, 2.24) is 10.3 Å². The van der Waals surface area contributed by atoms with Crippen LogP contribution in [0.15, 0.2) is 10.9 Å². The summed E-state index contributed by atoms with van der Waals surface area (Å²) in [6.07, 6.45) is 0. The fraction of sp³-hybridized carbons (Fsp3) is 0.538. The van der Waals surface area contributed by atoms with E-state index in [0.29, 0.717) is 5.56 Å². The van der Waals surface area contributed by atoms with Crippen LogP contribution in [0.1, 0.15) is 35.5 Å². The quantitative estimate of drug-likeness (QED) is 0.739. The highest BCUT2D eigenvalue weighted by Crippen LogP contribution is 2.06. The number of hydrogen-bond acceptors (Lipinski definition) is 3. The third kappa shape index (κ3) is 3.20. The Labute approximate surface area is 106 Å². The van der Waals surface area contributed by atoms with Crippen molar-refractivity contribution in [3.8, 4) is 0 Å². The van der Waals surface area contributed by atoms with Gasteiger partial charge in [-0.3, -0.25) is 9.59 Å². The Kier molecular flexibility index (Phi) is 4.67. The minimum absolute atomic E-state index is 0.00924. The Morgan fingerprint density at radius 2 is 2.06 bits per heavy atom. The molecule has 0 aliphatic carbocycles. The van der Waals surface area contributed by atoms with E-state index in [9.17, 15) is 9.59 Å². The van der Waals surface area contributed by atoms with Gasteiger partial charge in [0.1, 0.15) is 5.56 Å². The van der Waals surface area contributed by atoms with Gasteiger partial charge in [0, 0.05) is 18.3 Å². The van der Waals surface area contributed by atoms with Crippen LogP contribution in [0.3, 0.4) is 0 Å². The molecule has 100 valence electrons. The molecule has 0 saturated carbocycles. The Bertz CT molecular complexity index is 493. The summed E-state index contributed by atoms with van der Waals surface area (Å²) in [5.74, 6) is -0.458. The molecule has 0 fully saturated rings. The van der Waals surface area contributed by atoms with Gasteiger partial charge in [0.25, 0.3) is 11.5 Å². The van der Waals surface area contributed by atoms with E-state index in [4.69, 9.17) is 5.11 Å². The van der Waals surface area contributed by atoms with Gasteiger partial charge in [-0.1, -0.05) is 6.92 Å². The van der Waals surface area contributed by atoms with Gasteiger partial charge >= 0.3 is 0 Å². The lowest BCUT2D eigenvalue weighted by molar-refractivity contribution is 0.0914. The van der Waals surface area contributed by atoms with Crippen LogP contribution >= 0.6 is 0 Å². The molecule has 5 nitrogen and oxygen atoms in total. The largest absolute Gasteiger partial charge is 0.396 e. The Morgan fingerprint density at radius 1 is 1.44 bits per heavy atom. The molecule has 0 spiro atoms. The van der Waals surface area contributed by atoms with Gasteiger partial charge in [-0.15, -0.1) is 0 Å². The molecule has 1 heterocycles. The number of aliphatic hydroxyl groups is 1. The summed E-state index contributed by atoms with van der Waals surface area (Å²) in [6, 6.07) is 1.57. The zero-order chi connectivity index (χ0) is 13.9. The summed E-state index contributed by atoms with van der Waals surface area (Å²) in [6.45, 7) is 7.13. The van der Waals surface area contributed by atoms with E-state index in [-0.39, 0.29) is 29.7 Å². The number of pyridine rings is 1. The fourth-order valence-electron chi connectivity index (χ4n) is 1.72. The molecular formula is C13H20N2O3. The van der Waals surface area contributed by atoms with Crippen molar-refractivity contribution in [2.45, 2.75) is 33.7 Å². The summed E-state index contributed by atoms with van der Waals surface area (Å²) in [7, 11) is 0. The Balaban J connectivity index is 2.95. The first-order chi connectivity index (χ1) is 8.36. The standard InChI is InChI=1S/C13H20N2O3/c1-7-5-9(3)14-12(17)11(7)13(18)15-10(4)8(2)6-16/h5,8,10,16H,6H2,1-4H3,(H,14,17)(H,15,18). The van der Waals surface area contributed by atoms with Gasteiger partial charge in [-0.2, -0.15) is 0 Å². The molecule has 18 heavy (non-hydrogen) atoms. The number of aliphatic hydroxyl groups excluding tert-OH is 1. The maximum absolute atomic E-state index is 12.0. The number of nitrogens with one attached hydrogen (secondary N) is 2. The molecule has 0 aliphatic heterocycles. The van der Waals surface area contributed by atoms with Gasteiger partial charge < -0.3 is 15.4 Å². The zero-order valence-electron chi connectivity index (χ0n) is 11.2. The maximum atomic E-state index is 12.0. The van der Waals surface area contributed by atoms with Crippen LogP contribution in [-0.4, -0.2) is 28.6 Å². The van der Waals surface area contributed by atoms with Crippen LogP contribution in [0.4, 0.5) is 0 Å². The second kappa shape index (κ2) is 5.82. The zero-order valence-corrected chi connectivity index (χ0v) is 11.2. The van der Waals surface area contributed by atoms with E-state index in [0.717, 1.165) is 5.69 Å². The second-order valence-electron chi connectivity index (χ2n) is 4.76. The van der Waals surface area contributed by atoms with E-state index >= 15 is 0 Å². The molecule has 2 unspecified atom stereocenters. The second-order valence-corrected chi connectivity index (χ2v) is 4.76. The summed E-state index contributed by atoms with van der Waals surface area (Å²) in [5.41, 5.74) is 1.13. The van der Waals surface area contributed by atoms with Gasteiger partial charge in [-0.25, -0.2) is 0 Å². The van der Waals surface area contributed by atoms with E-state index in [1.165, 1.54) is 0 Å². The van der Waals surface area contributed by atoms with E-state index < -0.39 is 5.91 Å². The highest BCUT2D eigenvalue weighted by Gasteiger charge is 2.19. The van der Waals surface area contributed by atoms with E-state index in [1.54, 1.807) is 26.8 Å². The monoisotopic (exact) mass is 252 g/mol. The van der Waals surface area contributed by atoms with Crippen LogP contribution in [0.2, 0.25) is 0 Å². The highest BCUT2D eigenvalue weighted by molar-refractivity contribution is 5.95. The number of H-pyrrole nitrogens is 1. The van der Waals surface area contributed by atoms with Gasteiger partial charge in [0.15, 0.2) is 0 Å². The van der Waals surface area contributed by atoms with E-state index in [1.807, 2.05) is 6.92 Å². The van der Waals surface area contributed by atoms with Crippen LogP contribution in [0, 0.1) is 19.8 Å². The predicted octanol–water partition coefficient (Wildman–Crippen LogP) is 0.738. The maximum Gasteiger partial charge on any atom is 0.261 e. The predicted molar refractivity (Wildman–Crippen MR) is 69.7 cm³/mol. The molecular weight excluding hydrogens is 232 g/mol. The van der Waals surface area contributed by atoms with Gasteiger partial charge in [-0.05, 0) is 38.3 Å². The molecule has 1 aromatic rings. The van der Waals surface area contributed by atoms with Crippen molar-refractivity contribution in [1.29, 1.82) is 0 Å². The normalized spacial score (nSPS) is 14.1. The number of amides is 1. The van der Waals surface area contributed by atoms with Crippen LogP contribution in [-0.2, 0) is 0 Å². The summed E-state index contributed by atoms with van der Waals surface area (Å²) in [4.78, 5) is 26.4. The van der Waals surface area contributed by atoms with Crippen LogP contribution in [0.5, 0.6) is 0 Å². The van der Waals surface area contributed by atoms with Crippen molar-refractivity contribution in [2.75, 3.05) is 6.61 Å². The van der Waals surface area contributed by atoms with E-state index in [2.05, 4.69) is 10.3 Å². The molecule has 0 radical (unpaired) electrons. The van der Waals surface area contributed by atoms with Crippen molar-refractivity contribution in [3.63, 3.8) is 0 Å². The molecule has 1 amide bonds. The van der Waals surface area contributed by atoms with Crippen molar-refractivity contribution >= 4 is 5.91 Å². The molecule has 3 N–H and O–H groups in total. The van der Waals surface area contributed by atoms with Crippen molar-refractivity contribution in [3.05, 3.63) is 33.2 Å². The van der Waals surface area contributed by atoms with Crippen LogP contribution < -0.4 is 10.9 Å². The SMILES string of the molecule is Cc1cc(C)c(C(=O)NC(C)C(C)CO)c(=O)[nH]1. The smallest absolute Gasteiger partial charge is 0.261 e. The third-order valence-corrected chi connectivity index (χ3v) is 3.09. The minimum atomic E-state index is -0.401. The average molecular weight is 252 g/mol. The molecule has 5 heteroatoms. The van der Waals surface area contributed by atoms with Crippen molar-refractivity contribution in [2.24, 2.45) is 5.92 Å². The summed E-state index contributed by atoms with van der Waals surface area (Å²) >= 11 is 0. The third-order valence-electron chi connectivity index (χ3n) is 3.09. The Morgan fingerprint density at radius 3 is 2.56 bits per heavy atom. The number of aromatic nitrogens is 1. The fourth-order valence-corrected chi connectivity index (χ4v) is 1.72. The number of hydrogen-bond donors (Lipinski definition) is 3. The highest BCUT2D eigenvalue weighted by atomic mass is 16.3. The number of carbonyl (C=O) groups is 1. The minimum Gasteiger partial charge on any atom is -0.396 e. The van der Waals surface area contributed by atoms with Crippen LogP contribution in [0.25, 0.3) is 0 Å². The first-order valence-corrected chi connectivity index (χ1v) is 5.99. The molecule has 0 saturated heterocycles. The van der Waals surface area contributed by atoms with Gasteiger partial charge in [0.2, 0.25) is 0 Å². The number of aryl methyl sites for hydroxylation is 2. The average Bonchev–Trinajstić information content (AvgIpc) is 2.26. The number of aromatic amines is 1. The molecule has 1 aromatic heterocycles. The summed E-state index contributed by atoms with van der Waals surface area (Å²) < 4.78 is 0. The first kappa shape index (κ1) is 14.4. The molecule has 0 bridgehead atoms. The lowest BCUT2D eigenvalue weighted by Gasteiger charge is -2.19. The lowest BCUT2D eigenvalue weighted by Crippen LogP contribution is -2.41. The molecule has 2 atom stereocenters. The Hall–Kier alpha value is -1.62. The first-order valence-electron chi connectivity index (χ1n) is 5.99. The molecule has 1 rings (SSSR count). The number of carbonyl (C=O) groups excluding carboxylic acids is 1. The molecule has 0 aliphatic rings. The topological polar surface area (TPSA) is 82.2 Å². The number of rotatable bonds is 4. The molecule has 0 aromatic carbocycles. The summed E-state index contributed by atoms with van der Waals surface area (Å²) in [5, 5.41) is 11.7. The lowest BCUT2D eigenvalue weighted by atomic mass is 10.0. The van der Waals surface area contributed by atoms with Gasteiger partial charge in [0.05, 0.1) is 0 Å². The van der Waals surface area contributed by atoms with Crippen molar-refractivity contribution < 1.29 is 9.90 Å².